The minimum Gasteiger partial charge on any atom is -0.459 e. The van der Waals surface area contributed by atoms with Crippen molar-refractivity contribution in [1.82, 2.24) is 4.98 Å². The van der Waals surface area contributed by atoms with Crippen LogP contribution in [0.25, 0.3) is 0 Å². The van der Waals surface area contributed by atoms with Crippen molar-refractivity contribution in [2.24, 2.45) is 0 Å². The minimum absolute atomic E-state index is 0.203. The molecule has 0 atom stereocenters. The van der Waals surface area contributed by atoms with E-state index in [-0.39, 0.29) is 17.6 Å². The maximum Gasteiger partial charge on any atom is 0.291 e. The molecule has 2 heterocycles. The van der Waals surface area contributed by atoms with Crippen molar-refractivity contribution >= 4 is 23.3 Å². The highest BCUT2D eigenvalue weighted by atomic mass is 16.3. The quantitative estimate of drug-likeness (QED) is 0.770. The number of carbonyl (C=O) groups excluding carboxylic acids is 2. The first-order valence-corrected chi connectivity index (χ1v) is 7.31. The average Bonchev–Trinajstić information content (AvgIpc) is 3.12. The topological polar surface area (TPSA) is 84.2 Å². The van der Waals surface area contributed by atoms with Gasteiger partial charge < -0.3 is 15.1 Å². The standard InChI is InChI=1S/C18H15N3O3/c1-12-5-3-9-19-16(12)21-17(22)13-6-2-7-14(11-13)20-18(23)15-8-4-10-24-15/h2-11H,1H3,(H,20,23)(H,19,21,22). The van der Waals surface area contributed by atoms with Crippen LogP contribution < -0.4 is 10.6 Å². The van der Waals surface area contributed by atoms with Crippen LogP contribution in [0.4, 0.5) is 11.5 Å². The molecule has 6 nitrogen and oxygen atoms in total. The van der Waals surface area contributed by atoms with E-state index in [1.807, 2.05) is 13.0 Å². The number of benzene rings is 1. The number of hydrogen-bond donors (Lipinski definition) is 2. The van der Waals surface area contributed by atoms with Gasteiger partial charge in [0, 0.05) is 17.4 Å². The van der Waals surface area contributed by atoms with Crippen molar-refractivity contribution in [2.75, 3.05) is 10.6 Å². The third-order valence-corrected chi connectivity index (χ3v) is 3.37. The normalized spacial score (nSPS) is 10.2. The fraction of sp³-hybridized carbons (Fsp3) is 0.0556. The van der Waals surface area contributed by atoms with E-state index in [2.05, 4.69) is 15.6 Å². The number of anilines is 2. The Kier molecular flexibility index (Phi) is 4.38. The van der Waals surface area contributed by atoms with E-state index in [0.29, 0.717) is 17.1 Å². The van der Waals surface area contributed by atoms with Gasteiger partial charge in [0.1, 0.15) is 5.82 Å². The Labute approximate surface area is 138 Å². The molecule has 0 aliphatic heterocycles. The first-order valence-electron chi connectivity index (χ1n) is 7.31. The molecule has 0 fully saturated rings. The van der Waals surface area contributed by atoms with E-state index in [1.54, 1.807) is 48.7 Å². The van der Waals surface area contributed by atoms with Gasteiger partial charge in [0.25, 0.3) is 11.8 Å². The summed E-state index contributed by atoms with van der Waals surface area (Å²) >= 11 is 0. The molecule has 0 radical (unpaired) electrons. The van der Waals surface area contributed by atoms with Crippen molar-refractivity contribution in [3.05, 3.63) is 77.9 Å². The fourth-order valence-corrected chi connectivity index (χ4v) is 2.13. The van der Waals surface area contributed by atoms with Gasteiger partial charge in [-0.3, -0.25) is 9.59 Å². The van der Waals surface area contributed by atoms with Gasteiger partial charge in [0.15, 0.2) is 5.76 Å². The van der Waals surface area contributed by atoms with Gasteiger partial charge in [-0.1, -0.05) is 12.1 Å². The summed E-state index contributed by atoms with van der Waals surface area (Å²) in [6.45, 7) is 1.86. The lowest BCUT2D eigenvalue weighted by molar-refractivity contribution is 0.0993. The van der Waals surface area contributed by atoms with E-state index in [0.717, 1.165) is 5.56 Å². The third-order valence-electron chi connectivity index (χ3n) is 3.37. The number of furan rings is 1. The monoisotopic (exact) mass is 321 g/mol. The number of aryl methyl sites for hydroxylation is 1. The Bertz CT molecular complexity index is 873. The maximum atomic E-state index is 12.4. The van der Waals surface area contributed by atoms with Gasteiger partial charge in [-0.2, -0.15) is 0 Å². The summed E-state index contributed by atoms with van der Waals surface area (Å²) in [6, 6.07) is 13.5. The van der Waals surface area contributed by atoms with Crippen LogP contribution in [0, 0.1) is 6.92 Å². The second-order valence-electron chi connectivity index (χ2n) is 5.14. The van der Waals surface area contributed by atoms with Crippen LogP contribution >= 0.6 is 0 Å². The van der Waals surface area contributed by atoms with Crippen LogP contribution in [0.5, 0.6) is 0 Å². The van der Waals surface area contributed by atoms with Crippen LogP contribution in [0.1, 0.15) is 26.5 Å². The molecule has 0 bridgehead atoms. The molecule has 0 aliphatic carbocycles. The molecule has 2 aromatic heterocycles. The Balaban J connectivity index is 1.74. The summed E-state index contributed by atoms with van der Waals surface area (Å²) in [5.74, 6) is 0.0329. The van der Waals surface area contributed by atoms with Crippen LogP contribution in [-0.4, -0.2) is 16.8 Å². The van der Waals surface area contributed by atoms with Crippen molar-refractivity contribution in [2.45, 2.75) is 6.92 Å². The van der Waals surface area contributed by atoms with E-state index in [4.69, 9.17) is 4.42 Å². The largest absolute Gasteiger partial charge is 0.459 e. The SMILES string of the molecule is Cc1cccnc1NC(=O)c1cccc(NC(=O)c2ccco2)c1. The average molecular weight is 321 g/mol. The molecule has 2 amide bonds. The van der Waals surface area contributed by atoms with Crippen LogP contribution in [0.15, 0.2) is 65.4 Å². The summed E-state index contributed by atoms with van der Waals surface area (Å²) < 4.78 is 5.04. The van der Waals surface area contributed by atoms with Crippen LogP contribution in [-0.2, 0) is 0 Å². The first kappa shape index (κ1) is 15.5. The molecule has 24 heavy (non-hydrogen) atoms. The molecule has 1 aromatic carbocycles. The molecule has 0 spiro atoms. The van der Waals surface area contributed by atoms with Crippen molar-refractivity contribution in [3.8, 4) is 0 Å². The van der Waals surface area contributed by atoms with Gasteiger partial charge in [-0.05, 0) is 48.9 Å². The molecule has 0 unspecified atom stereocenters. The molecule has 6 heteroatoms. The lowest BCUT2D eigenvalue weighted by Crippen LogP contribution is -2.15. The number of pyridine rings is 1. The predicted octanol–water partition coefficient (Wildman–Crippen LogP) is 3.49. The number of amides is 2. The van der Waals surface area contributed by atoms with Gasteiger partial charge in [0.05, 0.1) is 6.26 Å². The highest BCUT2D eigenvalue weighted by molar-refractivity contribution is 6.06. The smallest absolute Gasteiger partial charge is 0.291 e. The second kappa shape index (κ2) is 6.78. The van der Waals surface area contributed by atoms with Gasteiger partial charge in [-0.25, -0.2) is 4.98 Å². The van der Waals surface area contributed by atoms with Crippen LogP contribution in [0.2, 0.25) is 0 Å². The maximum absolute atomic E-state index is 12.4. The Hall–Kier alpha value is -3.41. The molecule has 0 saturated carbocycles. The molecule has 3 aromatic rings. The zero-order valence-electron chi connectivity index (χ0n) is 12.9. The summed E-state index contributed by atoms with van der Waals surface area (Å²) in [5.41, 5.74) is 1.78. The van der Waals surface area contributed by atoms with Crippen molar-refractivity contribution in [3.63, 3.8) is 0 Å². The van der Waals surface area contributed by atoms with Gasteiger partial charge in [-0.15, -0.1) is 0 Å². The third kappa shape index (κ3) is 3.49. The number of aromatic nitrogens is 1. The van der Waals surface area contributed by atoms with E-state index in [9.17, 15) is 9.59 Å². The Morgan fingerprint density at radius 2 is 1.88 bits per heavy atom. The first-order chi connectivity index (χ1) is 11.6. The molecular weight excluding hydrogens is 306 g/mol. The predicted molar refractivity (Wildman–Crippen MR) is 90.0 cm³/mol. The fourth-order valence-electron chi connectivity index (χ4n) is 2.13. The van der Waals surface area contributed by atoms with E-state index in [1.165, 1.54) is 6.26 Å². The zero-order chi connectivity index (χ0) is 16.9. The summed E-state index contributed by atoms with van der Waals surface area (Å²) in [6.07, 6.45) is 3.04. The molecule has 2 N–H and O–H groups in total. The number of rotatable bonds is 4. The van der Waals surface area contributed by atoms with E-state index < -0.39 is 0 Å². The zero-order valence-corrected chi connectivity index (χ0v) is 12.9. The molecular formula is C18H15N3O3. The summed E-state index contributed by atoms with van der Waals surface area (Å²) in [5, 5.41) is 5.44. The van der Waals surface area contributed by atoms with Gasteiger partial charge in [0.2, 0.25) is 0 Å². The Morgan fingerprint density at radius 3 is 2.62 bits per heavy atom. The van der Waals surface area contributed by atoms with E-state index >= 15 is 0 Å². The highest BCUT2D eigenvalue weighted by Crippen LogP contribution is 2.15. The second-order valence-corrected chi connectivity index (χ2v) is 5.14. The Morgan fingerprint density at radius 1 is 1.00 bits per heavy atom. The number of carbonyl (C=O) groups is 2. The highest BCUT2D eigenvalue weighted by Gasteiger charge is 2.12. The summed E-state index contributed by atoms with van der Waals surface area (Å²) in [4.78, 5) is 28.5. The minimum atomic E-state index is -0.377. The van der Waals surface area contributed by atoms with Crippen LogP contribution in [0.3, 0.4) is 0 Å². The number of nitrogens with zero attached hydrogens (tertiary/aromatic N) is 1. The lowest BCUT2D eigenvalue weighted by atomic mass is 10.1. The lowest BCUT2D eigenvalue weighted by Gasteiger charge is -2.08. The van der Waals surface area contributed by atoms with Crippen molar-refractivity contribution in [1.29, 1.82) is 0 Å². The molecule has 120 valence electrons. The number of nitrogens with one attached hydrogen (secondary N) is 2. The molecule has 0 saturated heterocycles. The number of hydrogen-bond acceptors (Lipinski definition) is 4. The van der Waals surface area contributed by atoms with Crippen molar-refractivity contribution < 1.29 is 14.0 Å². The summed E-state index contributed by atoms with van der Waals surface area (Å²) in [7, 11) is 0. The molecule has 3 rings (SSSR count). The molecule has 0 aliphatic rings. The van der Waals surface area contributed by atoms with Gasteiger partial charge >= 0.3 is 0 Å².